The van der Waals surface area contributed by atoms with Crippen molar-refractivity contribution in [1.29, 1.82) is 0 Å². The molecule has 2 aliphatic rings. The van der Waals surface area contributed by atoms with Crippen LogP contribution in [0.3, 0.4) is 0 Å². The van der Waals surface area contributed by atoms with Crippen molar-refractivity contribution in [2.75, 3.05) is 6.54 Å². The van der Waals surface area contributed by atoms with Gasteiger partial charge in [0, 0.05) is 13.0 Å². The smallest absolute Gasteiger partial charge is 0.329 e. The topological polar surface area (TPSA) is 84.9 Å². The predicted octanol–water partition coefficient (Wildman–Crippen LogP) is 2.57. The maximum Gasteiger partial charge on any atom is 0.329 e. The molecule has 164 valence electrons. The number of carbonyl (C=O) groups excluding carboxylic acids is 3. The Balaban J connectivity index is 1.51. The molecule has 1 aromatic carbocycles. The Bertz CT molecular complexity index is 738. The fourth-order valence-corrected chi connectivity index (χ4v) is 4.12. The molecule has 2 unspecified atom stereocenters. The monoisotopic (exact) mass is 416 g/mol. The summed E-state index contributed by atoms with van der Waals surface area (Å²) in [4.78, 5) is 39.3. The predicted molar refractivity (Wildman–Crippen MR) is 111 cm³/mol. The molecule has 0 spiro atoms. The Kier molecular flexibility index (Phi) is 7.85. The van der Waals surface area contributed by atoms with Crippen LogP contribution in [0.25, 0.3) is 0 Å². The molecular weight excluding hydrogens is 384 g/mol. The number of nitrogens with zero attached hydrogens (tertiary/aromatic N) is 1. The quantitative estimate of drug-likeness (QED) is 0.623. The Morgan fingerprint density at radius 3 is 2.80 bits per heavy atom. The molecule has 0 bridgehead atoms. The second kappa shape index (κ2) is 10.6. The molecule has 0 radical (unpaired) electrons. The largest absolute Gasteiger partial charge is 0.461 e. The summed E-state index contributed by atoms with van der Waals surface area (Å²) in [6, 6.07) is 7.86. The number of unbranched alkanes of at least 4 members (excludes halogenated alkanes) is 1. The highest BCUT2D eigenvalue weighted by Crippen LogP contribution is 2.23. The molecule has 2 saturated heterocycles. The van der Waals surface area contributed by atoms with Gasteiger partial charge in [0.25, 0.3) is 0 Å². The molecule has 2 fully saturated rings. The number of cyclic esters (lactones) is 1. The number of carbonyl (C=O) groups is 3. The third-order valence-corrected chi connectivity index (χ3v) is 5.80. The van der Waals surface area contributed by atoms with E-state index in [-0.39, 0.29) is 30.6 Å². The Morgan fingerprint density at radius 2 is 2.07 bits per heavy atom. The van der Waals surface area contributed by atoms with Crippen LogP contribution < -0.4 is 5.32 Å². The number of rotatable bonds is 9. The molecule has 2 heterocycles. The molecular formula is C23H32N2O5. The van der Waals surface area contributed by atoms with Crippen LogP contribution in [0, 0.1) is 0 Å². The van der Waals surface area contributed by atoms with Crippen LogP contribution in [0.4, 0.5) is 0 Å². The lowest BCUT2D eigenvalue weighted by molar-refractivity contribution is -0.155. The first-order valence-corrected chi connectivity index (χ1v) is 11.0. The lowest BCUT2D eigenvalue weighted by Gasteiger charge is -2.27. The van der Waals surface area contributed by atoms with E-state index in [0.29, 0.717) is 19.4 Å². The number of hydrogen-bond acceptors (Lipinski definition) is 6. The summed E-state index contributed by atoms with van der Waals surface area (Å²) in [7, 11) is 0. The Labute approximate surface area is 178 Å². The molecule has 1 N–H and O–H groups in total. The Morgan fingerprint density at radius 1 is 1.30 bits per heavy atom. The van der Waals surface area contributed by atoms with Gasteiger partial charge in [-0.05, 0) is 31.7 Å². The molecule has 7 nitrogen and oxygen atoms in total. The maximum absolute atomic E-state index is 13.0. The van der Waals surface area contributed by atoms with Crippen LogP contribution in [0.5, 0.6) is 0 Å². The number of amides is 1. The summed E-state index contributed by atoms with van der Waals surface area (Å²) >= 11 is 0. The molecule has 3 rings (SSSR count). The first-order valence-electron chi connectivity index (χ1n) is 11.0. The molecule has 7 heteroatoms. The van der Waals surface area contributed by atoms with Gasteiger partial charge in [-0.2, -0.15) is 0 Å². The zero-order valence-electron chi connectivity index (χ0n) is 17.8. The van der Waals surface area contributed by atoms with E-state index in [2.05, 4.69) is 12.2 Å². The van der Waals surface area contributed by atoms with Crippen LogP contribution in [0.1, 0.15) is 57.9 Å². The molecule has 4 atom stereocenters. The lowest BCUT2D eigenvalue weighted by atomic mass is 10.1. The third kappa shape index (κ3) is 5.59. The molecule has 1 aromatic rings. The van der Waals surface area contributed by atoms with E-state index < -0.39 is 18.1 Å². The number of esters is 2. The van der Waals surface area contributed by atoms with Gasteiger partial charge in [-0.15, -0.1) is 0 Å². The Hall–Kier alpha value is -2.41. The first kappa shape index (κ1) is 22.3. The van der Waals surface area contributed by atoms with E-state index in [4.69, 9.17) is 9.47 Å². The fourth-order valence-electron chi connectivity index (χ4n) is 4.12. The van der Waals surface area contributed by atoms with E-state index in [1.54, 1.807) is 11.8 Å². The highest BCUT2D eigenvalue weighted by molar-refractivity contribution is 5.88. The van der Waals surface area contributed by atoms with Crippen molar-refractivity contribution in [2.24, 2.45) is 0 Å². The summed E-state index contributed by atoms with van der Waals surface area (Å²) in [6.45, 7) is 4.55. The molecule has 1 amide bonds. The average Bonchev–Trinajstić information content (AvgIpc) is 3.37. The molecule has 30 heavy (non-hydrogen) atoms. The van der Waals surface area contributed by atoms with E-state index in [1.165, 1.54) is 0 Å². The van der Waals surface area contributed by atoms with E-state index >= 15 is 0 Å². The van der Waals surface area contributed by atoms with E-state index in [1.807, 2.05) is 30.3 Å². The molecule has 0 aliphatic carbocycles. The minimum absolute atomic E-state index is 0.0789. The van der Waals surface area contributed by atoms with Crippen LogP contribution in [-0.4, -0.2) is 53.5 Å². The first-order chi connectivity index (χ1) is 14.5. The van der Waals surface area contributed by atoms with Crippen LogP contribution in [0.2, 0.25) is 0 Å². The van der Waals surface area contributed by atoms with Gasteiger partial charge in [0.15, 0.2) is 0 Å². The third-order valence-electron chi connectivity index (χ3n) is 5.80. The SMILES string of the molecule is CCCCC1CC(N[C@@H](C)C(=O)N2CCC[C@H]2C(=O)OCc2ccccc2)C(=O)O1. The molecule has 2 aliphatic heterocycles. The summed E-state index contributed by atoms with van der Waals surface area (Å²) in [5.74, 6) is -0.855. The minimum Gasteiger partial charge on any atom is -0.461 e. The van der Waals surface area contributed by atoms with Crippen LogP contribution >= 0.6 is 0 Å². The minimum atomic E-state index is -0.574. The van der Waals surface area contributed by atoms with Gasteiger partial charge in [-0.3, -0.25) is 14.9 Å². The van der Waals surface area contributed by atoms with Crippen molar-refractivity contribution >= 4 is 17.8 Å². The zero-order chi connectivity index (χ0) is 21.5. The summed E-state index contributed by atoms with van der Waals surface area (Å²) in [6.07, 6.45) is 4.77. The van der Waals surface area contributed by atoms with Gasteiger partial charge < -0.3 is 14.4 Å². The van der Waals surface area contributed by atoms with Crippen molar-refractivity contribution in [1.82, 2.24) is 10.2 Å². The van der Waals surface area contributed by atoms with Gasteiger partial charge >= 0.3 is 11.9 Å². The average molecular weight is 417 g/mol. The summed E-state index contributed by atoms with van der Waals surface area (Å²) in [5.41, 5.74) is 0.911. The van der Waals surface area contributed by atoms with Gasteiger partial charge in [-0.25, -0.2) is 4.79 Å². The summed E-state index contributed by atoms with van der Waals surface area (Å²) < 4.78 is 10.9. The van der Waals surface area contributed by atoms with Crippen LogP contribution in [0.15, 0.2) is 30.3 Å². The van der Waals surface area contributed by atoms with Gasteiger partial charge in [0.05, 0.1) is 6.04 Å². The second-order valence-corrected chi connectivity index (χ2v) is 8.16. The van der Waals surface area contributed by atoms with Gasteiger partial charge in [0.1, 0.15) is 24.8 Å². The van der Waals surface area contributed by atoms with Crippen LogP contribution in [-0.2, 0) is 30.5 Å². The highest BCUT2D eigenvalue weighted by Gasteiger charge is 2.40. The molecule has 0 saturated carbocycles. The van der Waals surface area contributed by atoms with Gasteiger partial charge in [-0.1, -0.05) is 50.1 Å². The fraction of sp³-hybridized carbons (Fsp3) is 0.609. The second-order valence-electron chi connectivity index (χ2n) is 8.16. The van der Waals surface area contributed by atoms with Crippen molar-refractivity contribution < 1.29 is 23.9 Å². The zero-order valence-corrected chi connectivity index (χ0v) is 17.8. The number of nitrogens with one attached hydrogen (secondary N) is 1. The van der Waals surface area contributed by atoms with Crippen molar-refractivity contribution in [2.45, 2.75) is 83.2 Å². The molecule has 0 aromatic heterocycles. The van der Waals surface area contributed by atoms with Crippen molar-refractivity contribution in [3.05, 3.63) is 35.9 Å². The number of ether oxygens (including phenoxy) is 2. The standard InChI is InChI=1S/C23H32N2O5/c1-3-4-11-18-14-19(22(27)30-18)24-16(2)21(26)25-13-8-12-20(25)23(28)29-15-17-9-6-5-7-10-17/h5-7,9-10,16,18-20,24H,3-4,8,11-15H2,1-2H3/t16-,18?,19?,20-/m0/s1. The number of hydrogen-bond donors (Lipinski definition) is 1. The normalized spacial score (nSPS) is 24.5. The lowest BCUT2D eigenvalue weighted by Crippen LogP contribution is -2.52. The van der Waals surface area contributed by atoms with E-state index in [0.717, 1.165) is 31.2 Å². The number of benzene rings is 1. The van der Waals surface area contributed by atoms with Crippen molar-refractivity contribution in [3.8, 4) is 0 Å². The number of likely N-dealkylation sites (tertiary alicyclic amines) is 1. The van der Waals surface area contributed by atoms with Crippen molar-refractivity contribution in [3.63, 3.8) is 0 Å². The van der Waals surface area contributed by atoms with Gasteiger partial charge in [0.2, 0.25) is 5.91 Å². The summed E-state index contributed by atoms with van der Waals surface area (Å²) in [5, 5.41) is 3.11. The highest BCUT2D eigenvalue weighted by atomic mass is 16.6. The maximum atomic E-state index is 13.0. The van der Waals surface area contributed by atoms with E-state index in [9.17, 15) is 14.4 Å².